The van der Waals surface area contributed by atoms with Gasteiger partial charge in [-0.25, -0.2) is 9.97 Å². The first kappa shape index (κ1) is 24.1. The van der Waals surface area contributed by atoms with Gasteiger partial charge < -0.3 is 9.80 Å². The van der Waals surface area contributed by atoms with Crippen LogP contribution in [0, 0.1) is 17.8 Å². The number of aromatic nitrogens is 2. The maximum atomic E-state index is 13.0. The van der Waals surface area contributed by atoms with E-state index in [0.29, 0.717) is 30.5 Å². The Morgan fingerprint density at radius 1 is 0.939 bits per heavy atom. The van der Waals surface area contributed by atoms with Gasteiger partial charge in [0.15, 0.2) is 0 Å². The molecule has 0 spiro atoms. The zero-order valence-electron chi connectivity index (χ0n) is 21.0. The van der Waals surface area contributed by atoms with Gasteiger partial charge in [-0.2, -0.15) is 0 Å². The third-order valence-corrected chi connectivity index (χ3v) is 8.01. The van der Waals surface area contributed by atoms with Crippen LogP contribution < -0.4 is 4.90 Å². The highest BCUT2D eigenvalue weighted by molar-refractivity contribution is 5.83. The van der Waals surface area contributed by atoms with Crippen molar-refractivity contribution in [2.24, 2.45) is 17.8 Å². The van der Waals surface area contributed by atoms with Crippen LogP contribution in [0.4, 0.5) is 5.95 Å². The lowest BCUT2D eigenvalue weighted by molar-refractivity contribution is -0.137. The molecule has 7 heteroatoms. The minimum atomic E-state index is 0.0271. The number of ketones is 1. The molecule has 2 unspecified atom stereocenters. The quantitative estimate of drug-likeness (QED) is 0.627. The van der Waals surface area contributed by atoms with Crippen molar-refractivity contribution in [1.29, 1.82) is 0 Å². The van der Waals surface area contributed by atoms with Crippen LogP contribution >= 0.6 is 0 Å². The molecular weight excluding hydrogens is 414 g/mol. The Morgan fingerprint density at radius 2 is 1.48 bits per heavy atom. The average Bonchev–Trinajstić information content (AvgIpc) is 3.07. The van der Waals surface area contributed by atoms with E-state index in [1.165, 1.54) is 12.8 Å². The molecule has 182 valence electrons. The Bertz CT molecular complexity index is 818. The topological polar surface area (TPSA) is 69.6 Å². The molecule has 4 rings (SSSR count). The molecule has 1 aromatic heterocycles. The second-order valence-corrected chi connectivity index (χ2v) is 11.0. The average molecular weight is 456 g/mol. The number of likely N-dealkylation sites (tertiary alicyclic amines) is 1. The fraction of sp³-hybridized carbons (Fsp3) is 0.769. The van der Waals surface area contributed by atoms with E-state index in [1.807, 2.05) is 33.3 Å². The van der Waals surface area contributed by atoms with Gasteiger partial charge in [0, 0.05) is 80.5 Å². The van der Waals surface area contributed by atoms with E-state index < -0.39 is 0 Å². The standard InChI is InChI=1S/C26H41N5O2/c1-17(2)24(32)20-6-8-21(9-7-20)25(33)29(5)14-19-12-27-26(28-13-19)31-22-10-11-23(31)16-30(15-22)18(3)4/h12-13,17-18,20-23H,6-11,14-16H2,1-5H3/t20-,21-,22?,23?. The second kappa shape index (κ2) is 10.1. The molecule has 1 aromatic rings. The van der Waals surface area contributed by atoms with E-state index in [1.54, 1.807) is 4.90 Å². The summed E-state index contributed by atoms with van der Waals surface area (Å²) < 4.78 is 0. The lowest BCUT2D eigenvalue weighted by Gasteiger charge is -2.42. The lowest BCUT2D eigenvalue weighted by atomic mass is 9.77. The number of fused-ring (bicyclic) bond motifs is 2. The zero-order chi connectivity index (χ0) is 23.7. The van der Waals surface area contributed by atoms with Gasteiger partial charge in [-0.3, -0.25) is 14.5 Å². The summed E-state index contributed by atoms with van der Waals surface area (Å²) in [5.41, 5.74) is 0.964. The van der Waals surface area contributed by atoms with Crippen LogP contribution in [0.25, 0.3) is 0 Å². The molecule has 3 heterocycles. The third kappa shape index (κ3) is 5.23. The van der Waals surface area contributed by atoms with Crippen molar-refractivity contribution >= 4 is 17.6 Å². The fourth-order valence-corrected chi connectivity index (χ4v) is 6.01. The monoisotopic (exact) mass is 455 g/mol. The van der Waals surface area contributed by atoms with Gasteiger partial charge in [-0.05, 0) is 52.4 Å². The molecule has 7 nitrogen and oxygen atoms in total. The van der Waals surface area contributed by atoms with Gasteiger partial charge in [0.2, 0.25) is 11.9 Å². The maximum absolute atomic E-state index is 13.0. The number of amides is 1. The molecule has 1 amide bonds. The Hall–Kier alpha value is -2.02. The van der Waals surface area contributed by atoms with E-state index in [4.69, 9.17) is 9.97 Å². The predicted molar refractivity (Wildman–Crippen MR) is 130 cm³/mol. The summed E-state index contributed by atoms with van der Waals surface area (Å²) >= 11 is 0. The van der Waals surface area contributed by atoms with Gasteiger partial charge in [-0.1, -0.05) is 13.8 Å². The van der Waals surface area contributed by atoms with Crippen molar-refractivity contribution in [2.75, 3.05) is 25.0 Å². The summed E-state index contributed by atoms with van der Waals surface area (Å²) in [7, 11) is 1.87. The lowest BCUT2D eigenvalue weighted by Crippen LogP contribution is -2.56. The highest BCUT2D eigenvalue weighted by Gasteiger charge is 2.41. The van der Waals surface area contributed by atoms with Crippen LogP contribution in [0.2, 0.25) is 0 Å². The molecule has 1 aliphatic carbocycles. The van der Waals surface area contributed by atoms with Crippen LogP contribution in [-0.2, 0) is 16.1 Å². The summed E-state index contributed by atoms with van der Waals surface area (Å²) in [5.74, 6) is 1.61. The molecule has 0 N–H and O–H groups in total. The first-order valence-corrected chi connectivity index (χ1v) is 12.9. The largest absolute Gasteiger partial charge is 0.341 e. The van der Waals surface area contributed by atoms with Crippen LogP contribution in [0.3, 0.4) is 0 Å². The summed E-state index contributed by atoms with van der Waals surface area (Å²) in [6, 6.07) is 1.58. The van der Waals surface area contributed by atoms with E-state index in [2.05, 4.69) is 23.6 Å². The molecule has 3 fully saturated rings. The Kier molecular flexibility index (Phi) is 7.37. The SMILES string of the molecule is CC(C)C(=O)[C@H]1CC[C@H](C(=O)N(C)Cc2cnc(N3C4CCC3CN(C(C)C)C4)nc2)CC1. The Balaban J connectivity index is 1.30. The normalized spacial score (nSPS) is 27.9. The van der Waals surface area contributed by atoms with E-state index in [9.17, 15) is 9.59 Å². The number of nitrogens with zero attached hydrogens (tertiary/aromatic N) is 5. The number of hydrogen-bond donors (Lipinski definition) is 0. The van der Waals surface area contributed by atoms with Gasteiger partial charge in [0.25, 0.3) is 0 Å². The molecular formula is C26H41N5O2. The van der Waals surface area contributed by atoms with Crippen LogP contribution in [-0.4, -0.2) is 69.7 Å². The number of hydrogen-bond acceptors (Lipinski definition) is 6. The molecule has 2 saturated heterocycles. The van der Waals surface area contributed by atoms with Crippen molar-refractivity contribution in [2.45, 2.75) is 90.9 Å². The Labute approximate surface area is 198 Å². The van der Waals surface area contributed by atoms with Crippen molar-refractivity contribution in [3.63, 3.8) is 0 Å². The van der Waals surface area contributed by atoms with Gasteiger partial charge >= 0.3 is 0 Å². The van der Waals surface area contributed by atoms with E-state index in [0.717, 1.165) is 50.3 Å². The summed E-state index contributed by atoms with van der Waals surface area (Å²) in [6.45, 7) is 11.2. The van der Waals surface area contributed by atoms with Crippen molar-refractivity contribution in [1.82, 2.24) is 19.8 Å². The van der Waals surface area contributed by atoms with Gasteiger partial charge in [-0.15, -0.1) is 0 Å². The number of anilines is 1. The highest BCUT2D eigenvalue weighted by Crippen LogP contribution is 2.34. The molecule has 3 aliphatic rings. The van der Waals surface area contributed by atoms with Crippen molar-refractivity contribution < 1.29 is 9.59 Å². The summed E-state index contributed by atoms with van der Waals surface area (Å²) in [5, 5.41) is 0. The minimum absolute atomic E-state index is 0.0271. The second-order valence-electron chi connectivity index (χ2n) is 11.0. The van der Waals surface area contributed by atoms with E-state index in [-0.39, 0.29) is 23.7 Å². The molecule has 0 aromatic carbocycles. The number of carbonyl (C=O) groups excluding carboxylic acids is 2. The predicted octanol–water partition coefficient (Wildman–Crippen LogP) is 3.53. The van der Waals surface area contributed by atoms with Crippen LogP contribution in [0.15, 0.2) is 12.4 Å². The highest BCUT2D eigenvalue weighted by atomic mass is 16.2. The number of Topliss-reactive ketones (excluding diaryl/α,β-unsaturated/α-hetero) is 1. The zero-order valence-corrected chi connectivity index (χ0v) is 21.0. The number of carbonyl (C=O) groups is 2. The first-order valence-electron chi connectivity index (χ1n) is 12.9. The molecule has 33 heavy (non-hydrogen) atoms. The fourth-order valence-electron chi connectivity index (χ4n) is 6.01. The smallest absolute Gasteiger partial charge is 0.225 e. The minimum Gasteiger partial charge on any atom is -0.341 e. The maximum Gasteiger partial charge on any atom is 0.225 e. The Morgan fingerprint density at radius 3 is 2.00 bits per heavy atom. The van der Waals surface area contributed by atoms with Crippen molar-refractivity contribution in [3.05, 3.63) is 18.0 Å². The number of rotatable bonds is 7. The third-order valence-electron chi connectivity index (χ3n) is 8.01. The van der Waals surface area contributed by atoms with Crippen LogP contribution in [0.1, 0.15) is 71.8 Å². The molecule has 2 aliphatic heterocycles. The molecule has 2 bridgehead atoms. The summed E-state index contributed by atoms with van der Waals surface area (Å²) in [4.78, 5) is 41.5. The number of piperazine rings is 1. The first-order chi connectivity index (χ1) is 15.7. The van der Waals surface area contributed by atoms with Gasteiger partial charge in [0.1, 0.15) is 5.78 Å². The molecule has 0 radical (unpaired) electrons. The summed E-state index contributed by atoms with van der Waals surface area (Å²) in [6.07, 6.45) is 9.50. The molecule has 2 atom stereocenters. The van der Waals surface area contributed by atoms with Crippen molar-refractivity contribution in [3.8, 4) is 0 Å². The molecule has 1 saturated carbocycles. The van der Waals surface area contributed by atoms with Gasteiger partial charge in [0.05, 0.1) is 0 Å². The van der Waals surface area contributed by atoms with Crippen LogP contribution in [0.5, 0.6) is 0 Å². The van der Waals surface area contributed by atoms with E-state index >= 15 is 0 Å².